The molecule has 8 nitrogen and oxygen atoms in total. The minimum absolute atomic E-state index is 0.0383. The van der Waals surface area contributed by atoms with Crippen LogP contribution in [-0.2, 0) is 4.79 Å². The number of nitrogens with two attached hydrogens (primary N) is 1. The molecule has 0 bridgehead atoms. The number of hydrogen-bond donors (Lipinski definition) is 1. The second kappa shape index (κ2) is 6.71. The van der Waals surface area contributed by atoms with Crippen molar-refractivity contribution in [2.75, 3.05) is 18.8 Å². The summed E-state index contributed by atoms with van der Waals surface area (Å²) in [5.74, 6) is 0.376. The van der Waals surface area contributed by atoms with E-state index in [9.17, 15) is 4.79 Å². The number of rotatable bonds is 3. The molecular weight excluding hydrogens is 410 g/mol. The number of amides is 1. The van der Waals surface area contributed by atoms with Crippen LogP contribution >= 0.6 is 11.3 Å². The molecule has 0 radical (unpaired) electrons. The Kier molecular flexibility index (Phi) is 3.94. The van der Waals surface area contributed by atoms with Gasteiger partial charge in [-0.05, 0) is 42.2 Å². The fraction of sp³-hybridized carbons (Fsp3) is 0.227. The van der Waals surface area contributed by atoms with E-state index in [4.69, 9.17) is 10.8 Å². The van der Waals surface area contributed by atoms with E-state index in [0.717, 1.165) is 45.3 Å². The van der Waals surface area contributed by atoms with Crippen LogP contribution < -0.4 is 5.73 Å². The lowest BCUT2D eigenvalue weighted by atomic mass is 10.1. The van der Waals surface area contributed by atoms with Crippen molar-refractivity contribution in [1.29, 1.82) is 0 Å². The monoisotopic (exact) mass is 429 g/mol. The first-order valence-corrected chi connectivity index (χ1v) is 11.0. The van der Waals surface area contributed by atoms with Gasteiger partial charge in [0.2, 0.25) is 5.91 Å². The molecule has 154 valence electrons. The number of carbonyl (C=O) groups excluding carboxylic acids is 1. The Morgan fingerprint density at radius 1 is 1.26 bits per heavy atom. The number of likely N-dealkylation sites (tertiary alicyclic amines) is 1. The van der Waals surface area contributed by atoms with Gasteiger partial charge < -0.3 is 10.6 Å². The predicted octanol–water partition coefficient (Wildman–Crippen LogP) is 3.34. The van der Waals surface area contributed by atoms with Crippen LogP contribution in [0.3, 0.4) is 0 Å². The number of fused-ring (bicyclic) bond motifs is 2. The molecular formula is C22H19N7OS. The van der Waals surface area contributed by atoms with E-state index in [-0.39, 0.29) is 11.9 Å². The third kappa shape index (κ3) is 2.70. The Morgan fingerprint density at radius 3 is 3.03 bits per heavy atom. The van der Waals surface area contributed by atoms with Crippen molar-refractivity contribution in [3.63, 3.8) is 0 Å². The SMILES string of the molecule is C=CC(=O)N1CC2=C(C1)C(n1nc(-c3ccc4ncsc4c3)c3c(N)ncnc31)CC2. The van der Waals surface area contributed by atoms with Gasteiger partial charge in [-0.25, -0.2) is 19.6 Å². The highest BCUT2D eigenvalue weighted by Crippen LogP contribution is 2.43. The largest absolute Gasteiger partial charge is 0.383 e. The summed E-state index contributed by atoms with van der Waals surface area (Å²) in [6.07, 6.45) is 4.75. The molecule has 9 heteroatoms. The summed E-state index contributed by atoms with van der Waals surface area (Å²) in [5, 5.41) is 5.77. The Labute approximate surface area is 181 Å². The summed E-state index contributed by atoms with van der Waals surface area (Å²) in [6.45, 7) is 4.89. The van der Waals surface area contributed by atoms with Crippen molar-refractivity contribution in [2.45, 2.75) is 18.9 Å². The summed E-state index contributed by atoms with van der Waals surface area (Å²) in [5.41, 5.74) is 14.1. The number of thiazole rings is 1. The lowest BCUT2D eigenvalue weighted by molar-refractivity contribution is -0.124. The van der Waals surface area contributed by atoms with Gasteiger partial charge in [0.25, 0.3) is 0 Å². The predicted molar refractivity (Wildman–Crippen MR) is 120 cm³/mol. The van der Waals surface area contributed by atoms with Gasteiger partial charge in [-0.15, -0.1) is 11.3 Å². The van der Waals surface area contributed by atoms with Crippen LogP contribution in [0.15, 0.2) is 53.8 Å². The molecule has 0 fully saturated rings. The number of carbonyl (C=O) groups is 1. The maximum atomic E-state index is 12.1. The van der Waals surface area contributed by atoms with Crippen LogP contribution in [0.1, 0.15) is 18.9 Å². The zero-order chi connectivity index (χ0) is 21.1. The van der Waals surface area contributed by atoms with E-state index in [1.165, 1.54) is 23.5 Å². The zero-order valence-corrected chi connectivity index (χ0v) is 17.5. The van der Waals surface area contributed by atoms with E-state index in [1.807, 2.05) is 27.2 Å². The number of nitrogen functional groups attached to an aromatic ring is 1. The quantitative estimate of drug-likeness (QED) is 0.396. The third-order valence-corrected chi connectivity index (χ3v) is 7.01. The van der Waals surface area contributed by atoms with Crippen LogP contribution in [0.4, 0.5) is 5.82 Å². The van der Waals surface area contributed by atoms with Gasteiger partial charge >= 0.3 is 0 Å². The molecule has 2 N–H and O–H groups in total. The first-order chi connectivity index (χ1) is 15.1. The highest BCUT2D eigenvalue weighted by atomic mass is 32.1. The van der Waals surface area contributed by atoms with Crippen LogP contribution in [0.25, 0.3) is 32.5 Å². The lowest BCUT2D eigenvalue weighted by Gasteiger charge is -2.20. The zero-order valence-electron chi connectivity index (χ0n) is 16.7. The van der Waals surface area contributed by atoms with Crippen LogP contribution in [0, 0.1) is 0 Å². The molecule has 0 spiro atoms. The van der Waals surface area contributed by atoms with Crippen LogP contribution in [-0.4, -0.2) is 48.6 Å². The minimum Gasteiger partial charge on any atom is -0.383 e. The van der Waals surface area contributed by atoms with Crippen molar-refractivity contribution in [1.82, 2.24) is 29.6 Å². The summed E-state index contributed by atoms with van der Waals surface area (Å²) < 4.78 is 3.07. The first kappa shape index (κ1) is 18.2. The number of anilines is 1. The molecule has 4 aromatic rings. The average molecular weight is 430 g/mol. The van der Waals surface area contributed by atoms with E-state index in [0.29, 0.717) is 18.9 Å². The molecule has 1 aliphatic carbocycles. The highest BCUT2D eigenvalue weighted by Gasteiger charge is 2.36. The second-order valence-electron chi connectivity index (χ2n) is 7.87. The maximum Gasteiger partial charge on any atom is 0.246 e. The molecule has 31 heavy (non-hydrogen) atoms. The standard InChI is InChI=1S/C22H19N7OS/c1-2-18(30)28-8-13-4-6-16(14(13)9-28)29-22-19(21(23)24-10-25-22)20(27-29)12-3-5-15-17(7-12)31-11-26-15/h2-3,5,7,10-11,16H,1,4,6,8-9H2,(H2,23,24,25). The van der Waals surface area contributed by atoms with E-state index < -0.39 is 0 Å². The fourth-order valence-corrected chi connectivity index (χ4v) is 5.46. The molecule has 1 aromatic carbocycles. The summed E-state index contributed by atoms with van der Waals surface area (Å²) in [4.78, 5) is 27.1. The molecule has 0 saturated carbocycles. The molecule has 6 rings (SSSR count). The Balaban J connectivity index is 1.49. The number of nitrogens with zero attached hydrogens (tertiary/aromatic N) is 6. The molecule has 2 aliphatic rings. The molecule has 1 amide bonds. The first-order valence-electron chi connectivity index (χ1n) is 10.1. The van der Waals surface area contributed by atoms with Crippen molar-refractivity contribution in [2.24, 2.45) is 0 Å². The number of hydrogen-bond acceptors (Lipinski definition) is 7. The maximum absolute atomic E-state index is 12.1. The van der Waals surface area contributed by atoms with Crippen molar-refractivity contribution < 1.29 is 4.79 Å². The molecule has 0 saturated heterocycles. The second-order valence-corrected chi connectivity index (χ2v) is 8.75. The van der Waals surface area contributed by atoms with Gasteiger partial charge in [-0.1, -0.05) is 12.6 Å². The molecule has 1 atom stereocenters. The summed E-state index contributed by atoms with van der Waals surface area (Å²) in [7, 11) is 0. The van der Waals surface area contributed by atoms with Gasteiger partial charge in [0.15, 0.2) is 5.65 Å². The smallest absolute Gasteiger partial charge is 0.246 e. The Morgan fingerprint density at radius 2 is 2.16 bits per heavy atom. The van der Waals surface area contributed by atoms with Crippen LogP contribution in [0.5, 0.6) is 0 Å². The summed E-state index contributed by atoms with van der Waals surface area (Å²) in [6, 6.07) is 6.15. The summed E-state index contributed by atoms with van der Waals surface area (Å²) >= 11 is 1.59. The van der Waals surface area contributed by atoms with Gasteiger partial charge in [0, 0.05) is 18.7 Å². The van der Waals surface area contributed by atoms with E-state index in [1.54, 1.807) is 11.3 Å². The Bertz CT molecular complexity index is 1420. The lowest BCUT2D eigenvalue weighted by Crippen LogP contribution is -2.29. The van der Waals surface area contributed by atoms with Gasteiger partial charge in [-0.3, -0.25) is 4.79 Å². The molecule has 4 heterocycles. The minimum atomic E-state index is -0.0383. The third-order valence-electron chi connectivity index (χ3n) is 6.22. The van der Waals surface area contributed by atoms with E-state index >= 15 is 0 Å². The molecule has 1 unspecified atom stereocenters. The fourth-order valence-electron chi connectivity index (χ4n) is 4.74. The van der Waals surface area contributed by atoms with Crippen molar-refractivity contribution in [3.05, 3.63) is 53.8 Å². The van der Waals surface area contributed by atoms with Crippen LogP contribution in [0.2, 0.25) is 0 Å². The number of aromatic nitrogens is 5. The van der Waals surface area contributed by atoms with Gasteiger partial charge in [-0.2, -0.15) is 5.10 Å². The Hall–Kier alpha value is -3.59. The average Bonchev–Trinajstić information content (AvgIpc) is 3.54. The highest BCUT2D eigenvalue weighted by molar-refractivity contribution is 7.16. The van der Waals surface area contributed by atoms with Crippen molar-refractivity contribution >= 4 is 44.3 Å². The normalized spacial score (nSPS) is 18.3. The van der Waals surface area contributed by atoms with Crippen molar-refractivity contribution in [3.8, 4) is 11.3 Å². The number of benzene rings is 1. The molecule has 1 aliphatic heterocycles. The van der Waals surface area contributed by atoms with Gasteiger partial charge in [0.1, 0.15) is 17.8 Å². The van der Waals surface area contributed by atoms with E-state index in [2.05, 4.69) is 27.6 Å². The topological polar surface area (TPSA) is 103 Å². The van der Waals surface area contributed by atoms with Gasteiger partial charge in [0.05, 0.1) is 27.2 Å². The molecule has 3 aromatic heterocycles.